The minimum absolute atomic E-state index is 0.238. The van der Waals surface area contributed by atoms with Gasteiger partial charge in [-0.25, -0.2) is 0 Å². The molecule has 1 saturated heterocycles. The van der Waals surface area contributed by atoms with E-state index in [1.165, 1.54) is 0 Å². The average molecular weight is 314 g/mol. The number of nitrogen functional groups attached to an aromatic ring is 1. The van der Waals surface area contributed by atoms with Crippen LogP contribution in [0.25, 0.3) is 0 Å². The van der Waals surface area contributed by atoms with Crippen LogP contribution in [0, 0.1) is 0 Å². The lowest BCUT2D eigenvalue weighted by atomic mass is 10.2. The lowest BCUT2D eigenvalue weighted by Crippen LogP contribution is -2.45. The van der Waals surface area contributed by atoms with E-state index < -0.39 is 0 Å². The van der Waals surface area contributed by atoms with Crippen molar-refractivity contribution in [3.05, 3.63) is 22.7 Å². The van der Waals surface area contributed by atoms with Crippen molar-refractivity contribution in [2.24, 2.45) is 0 Å². The van der Waals surface area contributed by atoms with Gasteiger partial charge in [-0.1, -0.05) is 22.9 Å². The Morgan fingerprint density at radius 3 is 3.11 bits per heavy atom. The van der Waals surface area contributed by atoms with Gasteiger partial charge in [0.1, 0.15) is 0 Å². The Hall–Kier alpha value is -0.780. The molecule has 1 unspecified atom stereocenters. The first-order valence-corrected chi connectivity index (χ1v) is 7.11. The van der Waals surface area contributed by atoms with Crippen molar-refractivity contribution in [1.82, 2.24) is 4.90 Å². The molecule has 2 rings (SSSR count). The smallest absolute Gasteiger partial charge is 0.0874 e. The van der Waals surface area contributed by atoms with E-state index in [1.54, 1.807) is 0 Å². The van der Waals surface area contributed by atoms with Gasteiger partial charge in [0, 0.05) is 24.1 Å². The van der Waals surface area contributed by atoms with Gasteiger partial charge in [0.25, 0.3) is 0 Å². The first-order chi connectivity index (χ1) is 8.69. The number of hydrogen-bond acceptors (Lipinski definition) is 4. The predicted octanol–water partition coefficient (Wildman–Crippen LogP) is 2.16. The quantitative estimate of drug-likeness (QED) is 0.836. The lowest BCUT2D eigenvalue weighted by Gasteiger charge is -2.32. The lowest BCUT2D eigenvalue weighted by molar-refractivity contribution is -0.0191. The van der Waals surface area contributed by atoms with Gasteiger partial charge in [-0.3, -0.25) is 4.90 Å². The minimum atomic E-state index is 0.238. The first-order valence-electron chi connectivity index (χ1n) is 6.32. The van der Waals surface area contributed by atoms with Crippen LogP contribution < -0.4 is 11.1 Å². The van der Waals surface area contributed by atoms with Crippen molar-refractivity contribution in [2.75, 3.05) is 43.8 Å². The summed E-state index contributed by atoms with van der Waals surface area (Å²) in [7, 11) is 0. The number of halogens is 1. The molecule has 0 amide bonds. The molecule has 4 nitrogen and oxygen atoms in total. The van der Waals surface area contributed by atoms with Crippen LogP contribution >= 0.6 is 15.9 Å². The third-order valence-electron chi connectivity index (χ3n) is 3.20. The Kier molecular flexibility index (Phi) is 4.86. The molecule has 1 aliphatic heterocycles. The Balaban J connectivity index is 1.87. The van der Waals surface area contributed by atoms with E-state index in [-0.39, 0.29) is 6.10 Å². The van der Waals surface area contributed by atoms with Crippen molar-refractivity contribution in [3.8, 4) is 0 Å². The SMILES string of the molecule is CCN1CCOC(CNc2ccc(Br)cc2N)C1. The number of benzene rings is 1. The summed E-state index contributed by atoms with van der Waals surface area (Å²) in [5.74, 6) is 0. The molecule has 1 atom stereocenters. The van der Waals surface area contributed by atoms with Gasteiger partial charge in [-0.05, 0) is 24.7 Å². The fourth-order valence-corrected chi connectivity index (χ4v) is 2.49. The van der Waals surface area contributed by atoms with Gasteiger partial charge in [-0.2, -0.15) is 0 Å². The number of morpholine rings is 1. The number of nitrogens with one attached hydrogen (secondary N) is 1. The van der Waals surface area contributed by atoms with Crippen molar-refractivity contribution in [1.29, 1.82) is 0 Å². The van der Waals surface area contributed by atoms with E-state index in [1.807, 2.05) is 18.2 Å². The molecule has 0 saturated carbocycles. The van der Waals surface area contributed by atoms with Crippen molar-refractivity contribution in [2.45, 2.75) is 13.0 Å². The van der Waals surface area contributed by atoms with Crippen LogP contribution in [0.5, 0.6) is 0 Å². The molecule has 18 heavy (non-hydrogen) atoms. The summed E-state index contributed by atoms with van der Waals surface area (Å²) in [6.07, 6.45) is 0.238. The number of nitrogens with two attached hydrogens (primary N) is 1. The summed E-state index contributed by atoms with van der Waals surface area (Å²) in [5, 5.41) is 3.36. The molecular formula is C13H20BrN3O. The highest BCUT2D eigenvalue weighted by Crippen LogP contribution is 2.23. The minimum Gasteiger partial charge on any atom is -0.397 e. The molecule has 1 fully saturated rings. The number of ether oxygens (including phenoxy) is 1. The fourth-order valence-electron chi connectivity index (χ4n) is 2.11. The molecular weight excluding hydrogens is 294 g/mol. The Bertz CT molecular complexity index is 400. The largest absolute Gasteiger partial charge is 0.397 e. The van der Waals surface area contributed by atoms with E-state index in [0.29, 0.717) is 0 Å². The summed E-state index contributed by atoms with van der Waals surface area (Å²) in [5.41, 5.74) is 7.67. The molecule has 1 aromatic carbocycles. The zero-order valence-electron chi connectivity index (χ0n) is 10.7. The zero-order valence-corrected chi connectivity index (χ0v) is 12.2. The molecule has 1 aromatic rings. The van der Waals surface area contributed by atoms with E-state index in [4.69, 9.17) is 10.5 Å². The maximum absolute atomic E-state index is 5.95. The Morgan fingerprint density at radius 2 is 2.39 bits per heavy atom. The molecule has 1 aliphatic rings. The molecule has 0 aliphatic carbocycles. The molecule has 1 heterocycles. The molecule has 0 radical (unpaired) electrons. The van der Waals surface area contributed by atoms with Gasteiger partial charge in [0.2, 0.25) is 0 Å². The standard InChI is InChI=1S/C13H20BrN3O/c1-2-17-5-6-18-11(9-17)8-16-13-4-3-10(14)7-12(13)15/h3-4,7,11,16H,2,5-6,8-9,15H2,1H3. The van der Waals surface area contributed by atoms with Crippen LogP contribution in [-0.4, -0.2) is 43.8 Å². The highest BCUT2D eigenvalue weighted by molar-refractivity contribution is 9.10. The van der Waals surface area contributed by atoms with Crippen LogP contribution in [0.2, 0.25) is 0 Å². The Labute approximate surface area is 117 Å². The summed E-state index contributed by atoms with van der Waals surface area (Å²) in [6, 6.07) is 5.88. The second kappa shape index (κ2) is 6.41. The maximum Gasteiger partial charge on any atom is 0.0874 e. The fraction of sp³-hybridized carbons (Fsp3) is 0.538. The molecule has 5 heteroatoms. The number of nitrogens with zero attached hydrogens (tertiary/aromatic N) is 1. The zero-order chi connectivity index (χ0) is 13.0. The molecule has 3 N–H and O–H groups in total. The summed E-state index contributed by atoms with van der Waals surface area (Å²) in [6.45, 7) is 6.90. The second-order valence-electron chi connectivity index (χ2n) is 4.50. The molecule has 100 valence electrons. The van der Waals surface area contributed by atoms with E-state index >= 15 is 0 Å². The van der Waals surface area contributed by atoms with Crippen molar-refractivity contribution < 1.29 is 4.74 Å². The van der Waals surface area contributed by atoms with Crippen LogP contribution in [0.3, 0.4) is 0 Å². The first kappa shape index (κ1) is 13.6. The maximum atomic E-state index is 5.95. The third-order valence-corrected chi connectivity index (χ3v) is 3.70. The van der Waals surface area contributed by atoms with Crippen LogP contribution in [0.1, 0.15) is 6.92 Å². The summed E-state index contributed by atoms with van der Waals surface area (Å²) in [4.78, 5) is 2.40. The molecule has 0 spiro atoms. The highest BCUT2D eigenvalue weighted by Gasteiger charge is 2.18. The molecule has 0 bridgehead atoms. The normalized spacial score (nSPS) is 20.9. The topological polar surface area (TPSA) is 50.5 Å². The van der Waals surface area contributed by atoms with Gasteiger partial charge < -0.3 is 15.8 Å². The Morgan fingerprint density at radius 1 is 1.56 bits per heavy atom. The van der Waals surface area contributed by atoms with Gasteiger partial charge >= 0.3 is 0 Å². The van der Waals surface area contributed by atoms with Crippen LogP contribution in [0.4, 0.5) is 11.4 Å². The predicted molar refractivity (Wildman–Crippen MR) is 78.9 cm³/mol. The highest BCUT2D eigenvalue weighted by atomic mass is 79.9. The van der Waals surface area contributed by atoms with Crippen molar-refractivity contribution in [3.63, 3.8) is 0 Å². The number of hydrogen-bond donors (Lipinski definition) is 2. The number of rotatable bonds is 4. The van der Waals surface area contributed by atoms with E-state index in [9.17, 15) is 0 Å². The van der Waals surface area contributed by atoms with Gasteiger partial charge in [0.05, 0.1) is 24.1 Å². The number of likely N-dealkylation sites (N-methyl/N-ethyl adjacent to an activating group) is 1. The average Bonchev–Trinajstić information content (AvgIpc) is 2.38. The van der Waals surface area contributed by atoms with Crippen LogP contribution in [-0.2, 0) is 4.74 Å². The van der Waals surface area contributed by atoms with E-state index in [0.717, 1.165) is 48.6 Å². The van der Waals surface area contributed by atoms with Crippen LogP contribution in [0.15, 0.2) is 22.7 Å². The summed E-state index contributed by atoms with van der Waals surface area (Å²) < 4.78 is 6.74. The van der Waals surface area contributed by atoms with Gasteiger partial charge in [0.15, 0.2) is 0 Å². The third kappa shape index (κ3) is 3.60. The number of anilines is 2. The van der Waals surface area contributed by atoms with Crippen molar-refractivity contribution >= 4 is 27.3 Å². The van der Waals surface area contributed by atoms with E-state index in [2.05, 4.69) is 33.1 Å². The second-order valence-corrected chi connectivity index (χ2v) is 5.41. The summed E-state index contributed by atoms with van der Waals surface area (Å²) >= 11 is 3.40. The van der Waals surface area contributed by atoms with Gasteiger partial charge in [-0.15, -0.1) is 0 Å². The monoisotopic (exact) mass is 313 g/mol. The molecule has 0 aromatic heterocycles.